The van der Waals surface area contributed by atoms with Crippen LogP contribution < -0.4 is 5.32 Å². The van der Waals surface area contributed by atoms with Crippen LogP contribution in [0.15, 0.2) is 0 Å². The molecule has 0 radical (unpaired) electrons. The first-order valence-electron chi connectivity index (χ1n) is 5.52. The number of carbonyl (C=O) groups is 1. The van der Waals surface area contributed by atoms with Gasteiger partial charge in [-0.1, -0.05) is 6.92 Å². The van der Waals surface area contributed by atoms with E-state index in [1.807, 2.05) is 28.4 Å². The molecule has 0 saturated carbocycles. The minimum absolute atomic E-state index is 0.0793. The van der Waals surface area contributed by atoms with Crippen LogP contribution in [0.25, 0.3) is 0 Å². The first-order valence-corrected chi connectivity index (χ1v) is 7.73. The maximum absolute atomic E-state index is 12.1. The molecule has 0 aromatic heterocycles. The van der Waals surface area contributed by atoms with E-state index in [2.05, 4.69) is 12.2 Å². The third-order valence-corrected chi connectivity index (χ3v) is 5.23. The number of nitrogens with zero attached hydrogens (tertiary/aromatic N) is 1. The fraction of sp³-hybridized carbons (Fsp3) is 0.900. The molecular formula is C10H18N2OS2. The van der Waals surface area contributed by atoms with E-state index in [9.17, 15) is 4.79 Å². The smallest absolute Gasteiger partial charge is 0.240 e. The molecule has 2 heterocycles. The molecule has 1 amide bonds. The second-order valence-electron chi connectivity index (χ2n) is 3.96. The molecule has 5 heteroatoms. The molecule has 2 fully saturated rings. The molecule has 0 aromatic rings. The van der Waals surface area contributed by atoms with Gasteiger partial charge in [0.15, 0.2) is 0 Å². The predicted molar refractivity (Wildman–Crippen MR) is 67.4 cm³/mol. The Labute approximate surface area is 99.7 Å². The maximum atomic E-state index is 12.1. The molecule has 3 nitrogen and oxygen atoms in total. The summed E-state index contributed by atoms with van der Waals surface area (Å²) in [4.78, 5) is 14.2. The van der Waals surface area contributed by atoms with Crippen molar-refractivity contribution < 1.29 is 4.79 Å². The van der Waals surface area contributed by atoms with Gasteiger partial charge in [-0.3, -0.25) is 10.1 Å². The molecule has 0 aliphatic carbocycles. The monoisotopic (exact) mass is 246 g/mol. The van der Waals surface area contributed by atoms with Crippen LogP contribution >= 0.6 is 23.5 Å². The van der Waals surface area contributed by atoms with Gasteiger partial charge in [0, 0.05) is 35.7 Å². The molecule has 1 unspecified atom stereocenters. The number of hydrogen-bond acceptors (Lipinski definition) is 4. The Morgan fingerprint density at radius 1 is 1.60 bits per heavy atom. The number of hydrogen-bond donors (Lipinski definition) is 1. The Balaban J connectivity index is 1.88. The number of rotatable bonds is 2. The fourth-order valence-corrected chi connectivity index (χ4v) is 4.05. The number of amides is 1. The first-order chi connectivity index (χ1) is 7.31. The van der Waals surface area contributed by atoms with Crippen molar-refractivity contribution in [2.45, 2.75) is 24.6 Å². The summed E-state index contributed by atoms with van der Waals surface area (Å²) in [6.07, 6.45) is 1.17. The summed E-state index contributed by atoms with van der Waals surface area (Å²) in [5.41, 5.74) is 0. The molecule has 2 atom stereocenters. The predicted octanol–water partition coefficient (Wildman–Crippen LogP) is 1.00. The van der Waals surface area contributed by atoms with Gasteiger partial charge in [-0.15, -0.1) is 11.8 Å². The van der Waals surface area contributed by atoms with Crippen LogP contribution in [0.5, 0.6) is 0 Å². The summed E-state index contributed by atoms with van der Waals surface area (Å²) in [5.74, 6) is 3.29. The van der Waals surface area contributed by atoms with Crippen LogP contribution in [0.1, 0.15) is 13.3 Å². The summed E-state index contributed by atoms with van der Waals surface area (Å²) in [5, 5.41) is 3.90. The normalized spacial score (nSPS) is 31.9. The van der Waals surface area contributed by atoms with Gasteiger partial charge >= 0.3 is 0 Å². The number of nitrogens with one attached hydrogen (secondary N) is 1. The molecule has 0 spiro atoms. The lowest BCUT2D eigenvalue weighted by Gasteiger charge is -2.33. The van der Waals surface area contributed by atoms with Crippen molar-refractivity contribution in [2.24, 2.45) is 0 Å². The highest BCUT2D eigenvalue weighted by molar-refractivity contribution is 8.00. The molecule has 86 valence electrons. The average Bonchev–Trinajstić information content (AvgIpc) is 2.81. The molecule has 0 aromatic carbocycles. The van der Waals surface area contributed by atoms with Crippen molar-refractivity contribution in [1.82, 2.24) is 10.2 Å². The SMILES string of the molecule is CCC1CN(C(=O)[C@H]2CSCN2)CCS1. The van der Waals surface area contributed by atoms with Crippen molar-refractivity contribution in [3.8, 4) is 0 Å². The molecule has 1 N–H and O–H groups in total. The molecule has 2 saturated heterocycles. The lowest BCUT2D eigenvalue weighted by atomic mass is 10.2. The van der Waals surface area contributed by atoms with Crippen molar-refractivity contribution in [3.05, 3.63) is 0 Å². The molecular weight excluding hydrogens is 228 g/mol. The molecule has 2 aliphatic rings. The van der Waals surface area contributed by atoms with E-state index >= 15 is 0 Å². The van der Waals surface area contributed by atoms with Crippen molar-refractivity contribution in [1.29, 1.82) is 0 Å². The number of carbonyl (C=O) groups excluding carboxylic acids is 1. The van der Waals surface area contributed by atoms with Crippen LogP contribution in [0, 0.1) is 0 Å². The third kappa shape index (κ3) is 2.82. The highest BCUT2D eigenvalue weighted by atomic mass is 32.2. The van der Waals surface area contributed by atoms with Crippen molar-refractivity contribution in [2.75, 3.05) is 30.5 Å². The van der Waals surface area contributed by atoms with E-state index in [1.165, 1.54) is 6.42 Å². The minimum Gasteiger partial charge on any atom is -0.339 e. The van der Waals surface area contributed by atoms with Crippen LogP contribution in [0.4, 0.5) is 0 Å². The second-order valence-corrected chi connectivity index (χ2v) is 6.40. The largest absolute Gasteiger partial charge is 0.339 e. The van der Waals surface area contributed by atoms with Gasteiger partial charge in [0.25, 0.3) is 0 Å². The summed E-state index contributed by atoms with van der Waals surface area (Å²) < 4.78 is 0. The Morgan fingerprint density at radius 3 is 3.13 bits per heavy atom. The molecule has 0 bridgehead atoms. The number of thioether (sulfide) groups is 2. The van der Waals surface area contributed by atoms with E-state index in [0.29, 0.717) is 11.2 Å². The van der Waals surface area contributed by atoms with Gasteiger partial charge in [0.2, 0.25) is 5.91 Å². The minimum atomic E-state index is 0.0793. The standard InChI is InChI=1S/C10H18N2OS2/c1-2-8-5-12(3-4-15-8)10(13)9-6-14-7-11-9/h8-9,11H,2-7H2,1H3/t8?,9-/m1/s1. The van der Waals surface area contributed by atoms with E-state index in [-0.39, 0.29) is 6.04 Å². The zero-order chi connectivity index (χ0) is 10.7. The summed E-state index contributed by atoms with van der Waals surface area (Å²) >= 11 is 3.82. The van der Waals surface area contributed by atoms with Crippen LogP contribution in [0.2, 0.25) is 0 Å². The Kier molecular flexibility index (Phi) is 4.22. The second kappa shape index (κ2) is 5.46. The van der Waals surface area contributed by atoms with E-state index in [0.717, 1.165) is 30.5 Å². The maximum Gasteiger partial charge on any atom is 0.240 e. The average molecular weight is 246 g/mol. The van der Waals surface area contributed by atoms with Crippen LogP contribution in [0.3, 0.4) is 0 Å². The van der Waals surface area contributed by atoms with Gasteiger partial charge in [0.05, 0.1) is 6.04 Å². The lowest BCUT2D eigenvalue weighted by Crippen LogP contribution is -2.49. The third-order valence-electron chi connectivity index (χ3n) is 2.92. The van der Waals surface area contributed by atoms with Gasteiger partial charge in [-0.2, -0.15) is 11.8 Å². The topological polar surface area (TPSA) is 32.3 Å². The van der Waals surface area contributed by atoms with Gasteiger partial charge in [0.1, 0.15) is 0 Å². The summed E-state index contributed by atoms with van der Waals surface area (Å²) in [7, 11) is 0. The molecule has 2 rings (SSSR count). The van der Waals surface area contributed by atoms with Gasteiger partial charge in [-0.25, -0.2) is 0 Å². The van der Waals surface area contributed by atoms with E-state index < -0.39 is 0 Å². The summed E-state index contributed by atoms with van der Waals surface area (Å²) in [6, 6.07) is 0.0793. The van der Waals surface area contributed by atoms with Gasteiger partial charge in [-0.05, 0) is 6.42 Å². The van der Waals surface area contributed by atoms with E-state index in [1.54, 1.807) is 0 Å². The highest BCUT2D eigenvalue weighted by Crippen LogP contribution is 2.22. The van der Waals surface area contributed by atoms with Crippen LogP contribution in [-0.4, -0.2) is 52.6 Å². The van der Waals surface area contributed by atoms with E-state index in [4.69, 9.17) is 0 Å². The van der Waals surface area contributed by atoms with Gasteiger partial charge < -0.3 is 4.90 Å². The van der Waals surface area contributed by atoms with Crippen molar-refractivity contribution in [3.63, 3.8) is 0 Å². The van der Waals surface area contributed by atoms with Crippen molar-refractivity contribution >= 4 is 29.4 Å². The zero-order valence-electron chi connectivity index (χ0n) is 9.07. The Morgan fingerprint density at radius 2 is 2.47 bits per heavy atom. The Hall–Kier alpha value is 0.130. The summed E-state index contributed by atoms with van der Waals surface area (Å²) in [6.45, 7) is 4.08. The Bertz CT molecular complexity index is 231. The zero-order valence-corrected chi connectivity index (χ0v) is 10.7. The fourth-order valence-electron chi connectivity index (χ4n) is 1.94. The van der Waals surface area contributed by atoms with Crippen LogP contribution in [-0.2, 0) is 4.79 Å². The molecule has 15 heavy (non-hydrogen) atoms. The lowest BCUT2D eigenvalue weighted by molar-refractivity contribution is -0.132. The quantitative estimate of drug-likeness (QED) is 0.788. The molecule has 2 aliphatic heterocycles. The highest BCUT2D eigenvalue weighted by Gasteiger charge is 2.30. The first kappa shape index (κ1) is 11.6.